The third-order valence-corrected chi connectivity index (χ3v) is 1.46. The second kappa shape index (κ2) is 5.14. The maximum atomic E-state index is 12.3. The average Bonchev–Trinajstić information content (AvgIpc) is 2.02. The van der Waals surface area contributed by atoms with Crippen LogP contribution in [0.3, 0.4) is 0 Å². The summed E-state index contributed by atoms with van der Waals surface area (Å²) in [7, 11) is 0. The fraction of sp³-hybridized carbons (Fsp3) is 0.857. The van der Waals surface area contributed by atoms with E-state index in [2.05, 4.69) is 0 Å². The molecular formula is C7H12F4N2O. The molecule has 0 aromatic heterocycles. The normalized spacial score (nSPS) is 14.2. The van der Waals surface area contributed by atoms with Gasteiger partial charge in [0.2, 0.25) is 0 Å². The number of carbonyl (C=O) groups is 1. The number of alkyl halides is 4. The highest BCUT2D eigenvalue weighted by molar-refractivity contribution is 5.83. The standard InChI is InChI=1S/C7H12F4N2O/c1-4(12)2-3-13-6(14)7(10,11)5(8)9/h4-5H,2-3,12H2,1H3,(H,13,14). The monoisotopic (exact) mass is 216 g/mol. The Kier molecular flexibility index (Phi) is 4.82. The quantitative estimate of drug-likeness (QED) is 0.666. The molecule has 0 spiro atoms. The lowest BCUT2D eigenvalue weighted by Gasteiger charge is -2.15. The van der Waals surface area contributed by atoms with Crippen LogP contribution < -0.4 is 11.1 Å². The Bertz CT molecular complexity index is 196. The van der Waals surface area contributed by atoms with Gasteiger partial charge >= 0.3 is 12.3 Å². The van der Waals surface area contributed by atoms with Gasteiger partial charge in [-0.25, -0.2) is 8.78 Å². The molecule has 0 aromatic rings. The molecule has 1 unspecified atom stereocenters. The van der Waals surface area contributed by atoms with Gasteiger partial charge in [-0.15, -0.1) is 0 Å². The number of amides is 1. The molecule has 0 aliphatic heterocycles. The van der Waals surface area contributed by atoms with E-state index in [-0.39, 0.29) is 19.0 Å². The van der Waals surface area contributed by atoms with E-state index >= 15 is 0 Å². The van der Waals surface area contributed by atoms with Gasteiger partial charge < -0.3 is 11.1 Å². The van der Waals surface area contributed by atoms with E-state index in [0.29, 0.717) is 0 Å². The summed E-state index contributed by atoms with van der Waals surface area (Å²) in [5.74, 6) is -6.59. The number of nitrogens with two attached hydrogens (primary N) is 1. The summed E-state index contributed by atoms with van der Waals surface area (Å²) in [5, 5.41) is 1.69. The molecule has 0 heterocycles. The number of carbonyl (C=O) groups excluding carboxylic acids is 1. The van der Waals surface area contributed by atoms with Gasteiger partial charge in [0.1, 0.15) is 0 Å². The van der Waals surface area contributed by atoms with Gasteiger partial charge in [-0.1, -0.05) is 0 Å². The molecule has 14 heavy (non-hydrogen) atoms. The first-order valence-electron chi connectivity index (χ1n) is 3.98. The Morgan fingerprint density at radius 1 is 1.50 bits per heavy atom. The highest BCUT2D eigenvalue weighted by atomic mass is 19.3. The fourth-order valence-corrected chi connectivity index (χ4v) is 0.630. The summed E-state index contributed by atoms with van der Waals surface area (Å²) in [6, 6.07) is -0.282. The van der Waals surface area contributed by atoms with Gasteiger partial charge in [-0.2, -0.15) is 8.78 Å². The molecule has 0 saturated carbocycles. The number of hydrogen-bond acceptors (Lipinski definition) is 2. The van der Waals surface area contributed by atoms with E-state index in [0.717, 1.165) is 0 Å². The van der Waals surface area contributed by atoms with Gasteiger partial charge in [-0.05, 0) is 13.3 Å². The summed E-state index contributed by atoms with van der Waals surface area (Å²) in [4.78, 5) is 10.5. The summed E-state index contributed by atoms with van der Waals surface area (Å²) >= 11 is 0. The van der Waals surface area contributed by atoms with Crippen LogP contribution in [0, 0.1) is 0 Å². The van der Waals surface area contributed by atoms with Crippen LogP contribution in [-0.2, 0) is 4.79 Å². The van der Waals surface area contributed by atoms with Crippen LogP contribution in [0.5, 0.6) is 0 Å². The molecule has 0 aliphatic carbocycles. The third-order valence-electron chi connectivity index (χ3n) is 1.46. The van der Waals surface area contributed by atoms with Crippen LogP contribution in [0.25, 0.3) is 0 Å². The fourth-order valence-electron chi connectivity index (χ4n) is 0.630. The predicted octanol–water partition coefficient (Wildman–Crippen LogP) is 0.740. The zero-order valence-electron chi connectivity index (χ0n) is 7.57. The first-order chi connectivity index (χ1) is 6.28. The van der Waals surface area contributed by atoms with E-state index in [1.165, 1.54) is 0 Å². The molecule has 1 amide bonds. The van der Waals surface area contributed by atoms with Gasteiger partial charge in [0.15, 0.2) is 0 Å². The molecule has 3 nitrogen and oxygen atoms in total. The molecule has 0 bridgehead atoms. The van der Waals surface area contributed by atoms with Crippen molar-refractivity contribution in [3.05, 3.63) is 0 Å². The van der Waals surface area contributed by atoms with Crippen molar-refractivity contribution in [2.24, 2.45) is 5.73 Å². The van der Waals surface area contributed by atoms with E-state index in [1.54, 1.807) is 12.2 Å². The minimum atomic E-state index is -4.63. The van der Waals surface area contributed by atoms with Crippen LogP contribution in [0.4, 0.5) is 17.6 Å². The lowest BCUT2D eigenvalue weighted by molar-refractivity contribution is -0.169. The lowest BCUT2D eigenvalue weighted by Crippen LogP contribution is -2.46. The van der Waals surface area contributed by atoms with Crippen LogP contribution in [0.1, 0.15) is 13.3 Å². The van der Waals surface area contributed by atoms with Crippen molar-refractivity contribution >= 4 is 5.91 Å². The summed E-state index contributed by atoms with van der Waals surface area (Å²) in [6.45, 7) is 1.47. The van der Waals surface area contributed by atoms with Crippen molar-refractivity contribution in [1.82, 2.24) is 5.32 Å². The number of nitrogens with one attached hydrogen (secondary N) is 1. The Balaban J connectivity index is 3.96. The Morgan fingerprint density at radius 2 is 2.00 bits per heavy atom. The van der Waals surface area contributed by atoms with Crippen molar-refractivity contribution in [1.29, 1.82) is 0 Å². The van der Waals surface area contributed by atoms with E-state index < -0.39 is 18.3 Å². The van der Waals surface area contributed by atoms with Gasteiger partial charge in [0, 0.05) is 12.6 Å². The summed E-state index contributed by atoms with van der Waals surface area (Å²) in [5.41, 5.74) is 5.26. The van der Waals surface area contributed by atoms with Crippen molar-refractivity contribution in [2.45, 2.75) is 31.7 Å². The second-order valence-electron chi connectivity index (χ2n) is 2.95. The number of hydrogen-bond donors (Lipinski definition) is 2. The Hall–Kier alpha value is -0.850. The molecule has 0 rings (SSSR count). The number of rotatable bonds is 5. The molecular weight excluding hydrogens is 204 g/mol. The molecule has 0 fully saturated rings. The highest BCUT2D eigenvalue weighted by Crippen LogP contribution is 2.22. The van der Waals surface area contributed by atoms with Gasteiger partial charge in [0.05, 0.1) is 0 Å². The third kappa shape index (κ3) is 3.91. The minimum Gasteiger partial charge on any atom is -0.351 e. The topological polar surface area (TPSA) is 55.1 Å². The minimum absolute atomic E-state index is 0.140. The van der Waals surface area contributed by atoms with Crippen molar-refractivity contribution < 1.29 is 22.4 Å². The smallest absolute Gasteiger partial charge is 0.351 e. The summed E-state index contributed by atoms with van der Waals surface area (Å²) < 4.78 is 47.8. The molecule has 0 saturated heterocycles. The first kappa shape index (κ1) is 13.2. The highest BCUT2D eigenvalue weighted by Gasteiger charge is 2.48. The molecule has 7 heteroatoms. The zero-order chi connectivity index (χ0) is 11.4. The van der Waals surface area contributed by atoms with Crippen LogP contribution >= 0.6 is 0 Å². The Morgan fingerprint density at radius 3 is 2.36 bits per heavy atom. The van der Waals surface area contributed by atoms with E-state index in [4.69, 9.17) is 5.73 Å². The largest absolute Gasteiger partial charge is 0.383 e. The number of halogens is 4. The summed E-state index contributed by atoms with van der Waals surface area (Å²) in [6.07, 6.45) is -3.73. The molecule has 84 valence electrons. The molecule has 0 aromatic carbocycles. The van der Waals surface area contributed by atoms with Crippen LogP contribution in [0.2, 0.25) is 0 Å². The van der Waals surface area contributed by atoms with Crippen LogP contribution in [0.15, 0.2) is 0 Å². The van der Waals surface area contributed by atoms with Crippen molar-refractivity contribution in [2.75, 3.05) is 6.54 Å². The van der Waals surface area contributed by atoms with E-state index in [1.807, 2.05) is 0 Å². The maximum absolute atomic E-state index is 12.3. The van der Waals surface area contributed by atoms with Gasteiger partial charge in [0.25, 0.3) is 5.91 Å². The first-order valence-corrected chi connectivity index (χ1v) is 3.98. The molecule has 1 atom stereocenters. The molecule has 0 radical (unpaired) electrons. The average molecular weight is 216 g/mol. The van der Waals surface area contributed by atoms with Crippen molar-refractivity contribution in [3.8, 4) is 0 Å². The SMILES string of the molecule is CC(N)CCNC(=O)C(F)(F)C(F)F. The van der Waals surface area contributed by atoms with Gasteiger partial charge in [-0.3, -0.25) is 4.79 Å². The van der Waals surface area contributed by atoms with Crippen molar-refractivity contribution in [3.63, 3.8) is 0 Å². The maximum Gasteiger partial charge on any atom is 0.383 e. The lowest BCUT2D eigenvalue weighted by atomic mass is 10.2. The Labute approximate surface area is 78.6 Å². The predicted molar refractivity (Wildman–Crippen MR) is 42.2 cm³/mol. The van der Waals surface area contributed by atoms with E-state index in [9.17, 15) is 22.4 Å². The molecule has 0 aliphatic rings. The van der Waals surface area contributed by atoms with Crippen LogP contribution in [-0.4, -0.2) is 30.8 Å². The molecule has 3 N–H and O–H groups in total. The zero-order valence-corrected chi connectivity index (χ0v) is 7.57. The second-order valence-corrected chi connectivity index (χ2v) is 2.95.